The smallest absolute Gasteiger partial charge is 0.255 e. The number of nitrogens with zero attached hydrogens (tertiary/aromatic N) is 2. The third-order valence-electron chi connectivity index (χ3n) is 5.63. The number of dihydropyridines is 1. The first kappa shape index (κ1) is 20.0. The zero-order valence-electron chi connectivity index (χ0n) is 17.7. The van der Waals surface area contributed by atoms with E-state index in [2.05, 4.69) is 34.4 Å². The third-order valence-corrected chi connectivity index (χ3v) is 5.63. The first-order chi connectivity index (χ1) is 14.2. The average Bonchev–Trinajstić information content (AvgIpc) is 2.66. The Hall–Kier alpha value is -3.28. The second kappa shape index (κ2) is 7.52. The molecule has 4 rings (SSSR count). The highest BCUT2D eigenvalue weighted by atomic mass is 16.2. The summed E-state index contributed by atoms with van der Waals surface area (Å²) >= 11 is 0. The average molecular weight is 402 g/mol. The number of hydrogen-bond donors (Lipinski definition) is 2. The van der Waals surface area contributed by atoms with Crippen LogP contribution in [0.3, 0.4) is 0 Å². The first-order valence-corrected chi connectivity index (χ1v) is 10.1. The predicted octanol–water partition coefficient (Wildman–Crippen LogP) is 4.03. The van der Waals surface area contributed by atoms with Crippen molar-refractivity contribution in [2.75, 3.05) is 5.32 Å². The number of amides is 1. The van der Waals surface area contributed by atoms with Gasteiger partial charge >= 0.3 is 0 Å². The largest absolute Gasteiger partial charge is 0.362 e. The Balaban J connectivity index is 1.79. The third kappa shape index (κ3) is 3.77. The lowest BCUT2D eigenvalue weighted by atomic mass is 9.68. The molecule has 6 nitrogen and oxygen atoms in total. The fraction of sp³-hybridized carbons (Fsp3) is 0.333. The van der Waals surface area contributed by atoms with E-state index in [0.717, 1.165) is 29.1 Å². The van der Waals surface area contributed by atoms with Crippen LogP contribution >= 0.6 is 0 Å². The molecule has 0 fully saturated rings. The van der Waals surface area contributed by atoms with E-state index in [1.165, 1.54) is 0 Å². The van der Waals surface area contributed by atoms with Crippen LogP contribution in [0, 0.1) is 12.3 Å². The summed E-state index contributed by atoms with van der Waals surface area (Å²) in [6.07, 6.45) is 4.64. The minimum atomic E-state index is -0.455. The van der Waals surface area contributed by atoms with Crippen molar-refractivity contribution in [3.63, 3.8) is 0 Å². The summed E-state index contributed by atoms with van der Waals surface area (Å²) in [5, 5.41) is 6.28. The van der Waals surface area contributed by atoms with Crippen LogP contribution in [0.4, 0.5) is 5.82 Å². The number of nitrogens with one attached hydrogen (secondary N) is 2. The summed E-state index contributed by atoms with van der Waals surface area (Å²) < 4.78 is 0. The van der Waals surface area contributed by atoms with E-state index in [4.69, 9.17) is 0 Å². The number of allylic oxidation sites excluding steroid dienone is 3. The van der Waals surface area contributed by atoms with Gasteiger partial charge in [-0.3, -0.25) is 14.6 Å². The molecule has 2 N–H and O–H groups in total. The molecule has 1 aliphatic heterocycles. The van der Waals surface area contributed by atoms with Gasteiger partial charge in [-0.25, -0.2) is 4.98 Å². The number of carbonyl (C=O) groups is 2. The number of aromatic nitrogens is 2. The number of Topliss-reactive ketones (excluding diaryl/α,β-unsaturated/α-hetero) is 1. The number of anilines is 1. The molecule has 0 saturated heterocycles. The zero-order valence-corrected chi connectivity index (χ0v) is 17.7. The van der Waals surface area contributed by atoms with E-state index < -0.39 is 5.92 Å². The summed E-state index contributed by atoms with van der Waals surface area (Å²) in [7, 11) is 0. The van der Waals surface area contributed by atoms with Gasteiger partial charge in [0.15, 0.2) is 5.78 Å². The first-order valence-electron chi connectivity index (χ1n) is 10.1. The highest BCUT2D eigenvalue weighted by molar-refractivity contribution is 6.09. The molecule has 2 aromatic rings. The Kier molecular flexibility index (Phi) is 5.02. The van der Waals surface area contributed by atoms with Gasteiger partial charge in [0.2, 0.25) is 0 Å². The Bertz CT molecular complexity index is 1080. The Labute approximate surface area is 176 Å². The summed E-state index contributed by atoms with van der Waals surface area (Å²) in [6.45, 7) is 7.96. The molecule has 1 aliphatic carbocycles. The van der Waals surface area contributed by atoms with E-state index in [-0.39, 0.29) is 17.1 Å². The molecule has 2 aromatic heterocycles. The molecule has 154 valence electrons. The normalized spacial score (nSPS) is 20.5. The Morgan fingerprint density at radius 2 is 1.97 bits per heavy atom. The Morgan fingerprint density at radius 3 is 2.67 bits per heavy atom. The van der Waals surface area contributed by atoms with Crippen molar-refractivity contribution in [1.29, 1.82) is 0 Å². The summed E-state index contributed by atoms with van der Waals surface area (Å²) in [5.74, 6) is -0.158. The van der Waals surface area contributed by atoms with Crippen LogP contribution in [0.1, 0.15) is 50.8 Å². The van der Waals surface area contributed by atoms with Crippen LogP contribution in [0.2, 0.25) is 0 Å². The number of ketones is 1. The molecule has 0 unspecified atom stereocenters. The molecule has 1 amide bonds. The molecule has 30 heavy (non-hydrogen) atoms. The van der Waals surface area contributed by atoms with E-state index in [0.29, 0.717) is 23.4 Å². The monoisotopic (exact) mass is 402 g/mol. The van der Waals surface area contributed by atoms with Crippen molar-refractivity contribution in [3.8, 4) is 0 Å². The minimum Gasteiger partial charge on any atom is -0.362 e. The maximum atomic E-state index is 13.4. The van der Waals surface area contributed by atoms with Crippen LogP contribution in [0.25, 0.3) is 0 Å². The lowest BCUT2D eigenvalue weighted by molar-refractivity contribution is -0.118. The van der Waals surface area contributed by atoms with Crippen LogP contribution < -0.4 is 10.6 Å². The second-order valence-electron chi connectivity index (χ2n) is 8.83. The molecule has 2 aliphatic rings. The van der Waals surface area contributed by atoms with Gasteiger partial charge < -0.3 is 10.6 Å². The van der Waals surface area contributed by atoms with Crippen molar-refractivity contribution in [3.05, 3.63) is 76.5 Å². The molecule has 0 spiro atoms. The number of carbonyl (C=O) groups excluding carboxylic acids is 2. The molecule has 0 radical (unpaired) electrons. The van der Waals surface area contributed by atoms with Crippen molar-refractivity contribution < 1.29 is 9.59 Å². The van der Waals surface area contributed by atoms with Crippen LogP contribution in [-0.2, 0) is 9.59 Å². The number of rotatable bonds is 3. The van der Waals surface area contributed by atoms with Crippen molar-refractivity contribution in [2.24, 2.45) is 5.41 Å². The van der Waals surface area contributed by atoms with Crippen LogP contribution in [-0.4, -0.2) is 21.7 Å². The summed E-state index contributed by atoms with van der Waals surface area (Å²) in [6, 6.07) is 9.24. The standard InChI is InChI=1S/C24H26N4O2/c1-14-7-5-9-19(26-14)28-23(30)20-15(2)27-17-11-24(3,4)12-18(29)22(17)21(20)16-8-6-10-25-13-16/h5-10,13,21,27H,11-12H2,1-4H3,(H,26,28,30)/t21-/m0/s1. The van der Waals surface area contributed by atoms with Gasteiger partial charge in [-0.05, 0) is 49.4 Å². The maximum absolute atomic E-state index is 13.4. The fourth-order valence-corrected chi connectivity index (χ4v) is 4.41. The van der Waals surface area contributed by atoms with Gasteiger partial charge in [-0.15, -0.1) is 0 Å². The highest BCUT2D eigenvalue weighted by Gasteiger charge is 2.42. The molecule has 6 heteroatoms. The molecule has 3 heterocycles. The molecule has 0 aromatic carbocycles. The van der Waals surface area contributed by atoms with Crippen molar-refractivity contribution in [1.82, 2.24) is 15.3 Å². The number of pyridine rings is 2. The van der Waals surface area contributed by atoms with Crippen LogP contribution in [0.15, 0.2) is 65.3 Å². The Morgan fingerprint density at radius 1 is 1.17 bits per heavy atom. The fourth-order valence-electron chi connectivity index (χ4n) is 4.41. The van der Waals surface area contributed by atoms with Crippen molar-refractivity contribution >= 4 is 17.5 Å². The van der Waals surface area contributed by atoms with Crippen molar-refractivity contribution in [2.45, 2.75) is 46.5 Å². The SMILES string of the molecule is CC1=C(C(=O)Nc2cccc(C)n2)[C@H](c2cccnc2)C2=C(CC(C)(C)CC2=O)N1. The van der Waals surface area contributed by atoms with Gasteiger partial charge in [0.1, 0.15) is 5.82 Å². The topological polar surface area (TPSA) is 84.0 Å². The summed E-state index contributed by atoms with van der Waals surface area (Å²) in [5.41, 5.74) is 4.40. The van der Waals surface area contributed by atoms with Gasteiger partial charge in [0.25, 0.3) is 5.91 Å². The second-order valence-corrected chi connectivity index (χ2v) is 8.83. The van der Waals surface area contributed by atoms with Gasteiger partial charge in [0, 0.05) is 53.0 Å². The van der Waals surface area contributed by atoms with Gasteiger partial charge in [-0.2, -0.15) is 0 Å². The van der Waals surface area contributed by atoms with E-state index >= 15 is 0 Å². The molecule has 1 atom stereocenters. The maximum Gasteiger partial charge on any atom is 0.255 e. The highest BCUT2D eigenvalue weighted by Crippen LogP contribution is 2.46. The lowest BCUT2D eigenvalue weighted by Gasteiger charge is -2.39. The molecular weight excluding hydrogens is 376 g/mol. The quantitative estimate of drug-likeness (QED) is 0.810. The predicted molar refractivity (Wildman–Crippen MR) is 115 cm³/mol. The van der Waals surface area contributed by atoms with Crippen LogP contribution in [0.5, 0.6) is 0 Å². The van der Waals surface area contributed by atoms with Gasteiger partial charge in [0.05, 0.1) is 0 Å². The van der Waals surface area contributed by atoms with E-state index in [1.54, 1.807) is 18.5 Å². The minimum absolute atomic E-state index is 0.0779. The zero-order chi connectivity index (χ0) is 21.5. The molecule has 0 saturated carbocycles. The number of hydrogen-bond acceptors (Lipinski definition) is 5. The molecule has 0 bridgehead atoms. The lowest BCUT2D eigenvalue weighted by Crippen LogP contribution is -2.39. The van der Waals surface area contributed by atoms with Gasteiger partial charge in [-0.1, -0.05) is 26.0 Å². The van der Waals surface area contributed by atoms with E-state index in [9.17, 15) is 9.59 Å². The van der Waals surface area contributed by atoms with E-state index in [1.807, 2.05) is 38.1 Å². The summed E-state index contributed by atoms with van der Waals surface area (Å²) in [4.78, 5) is 35.2. The number of aryl methyl sites for hydroxylation is 1. The molecular formula is C24H26N4O2.